The maximum Gasteiger partial charge on any atom is 0.0705 e. The Labute approximate surface area is 69.0 Å². The number of ether oxygens (including phenoxy) is 1. The molecule has 3 nitrogen and oxygen atoms in total. The van der Waals surface area contributed by atoms with E-state index in [1.54, 1.807) is 7.11 Å². The molecule has 0 saturated carbocycles. The van der Waals surface area contributed by atoms with Crippen molar-refractivity contribution in [3.63, 3.8) is 0 Å². The minimum atomic E-state index is 0.210. The topological polar surface area (TPSA) is 30.5 Å². The molecule has 0 aromatic rings. The van der Waals surface area contributed by atoms with Gasteiger partial charge in [-0.05, 0) is 12.8 Å². The second kappa shape index (κ2) is 6.58. The van der Waals surface area contributed by atoms with Crippen LogP contribution in [0.3, 0.4) is 0 Å². The van der Waals surface area contributed by atoms with Gasteiger partial charge < -0.3 is 9.57 Å². The fourth-order valence-electron chi connectivity index (χ4n) is 0.485. The van der Waals surface area contributed by atoms with Crippen LogP contribution < -0.4 is 5.48 Å². The third-order valence-electron chi connectivity index (χ3n) is 1.29. The van der Waals surface area contributed by atoms with Crippen molar-refractivity contribution < 1.29 is 9.57 Å². The molecule has 0 amide bonds. The summed E-state index contributed by atoms with van der Waals surface area (Å²) in [6.45, 7) is 7.70. The van der Waals surface area contributed by atoms with Gasteiger partial charge in [0.2, 0.25) is 0 Å². The molecule has 0 rings (SSSR count). The van der Waals surface area contributed by atoms with Gasteiger partial charge >= 0.3 is 0 Å². The van der Waals surface area contributed by atoms with E-state index in [1.165, 1.54) is 0 Å². The van der Waals surface area contributed by atoms with Crippen molar-refractivity contribution in [2.45, 2.75) is 26.9 Å². The molecule has 1 unspecified atom stereocenters. The standard InChI is InChI=1S/C8H19NO2/c1-7(2)6-11-9-5-8(3)10-4/h7-9H,5-6H2,1-4H3. The molecule has 0 saturated heterocycles. The average molecular weight is 161 g/mol. The number of hydroxylamine groups is 1. The van der Waals surface area contributed by atoms with Crippen LogP contribution in [0.25, 0.3) is 0 Å². The van der Waals surface area contributed by atoms with Crippen molar-refractivity contribution in [1.82, 2.24) is 5.48 Å². The van der Waals surface area contributed by atoms with Crippen molar-refractivity contribution in [2.75, 3.05) is 20.3 Å². The number of methoxy groups -OCH3 is 1. The van der Waals surface area contributed by atoms with E-state index in [-0.39, 0.29) is 6.10 Å². The molecule has 0 aliphatic rings. The monoisotopic (exact) mass is 161 g/mol. The first-order valence-electron chi connectivity index (χ1n) is 4.04. The van der Waals surface area contributed by atoms with Crippen LogP contribution in [-0.2, 0) is 9.57 Å². The average Bonchev–Trinajstić information content (AvgIpc) is 1.97. The third kappa shape index (κ3) is 7.78. The second-order valence-corrected chi connectivity index (χ2v) is 3.10. The lowest BCUT2D eigenvalue weighted by molar-refractivity contribution is -0.00501. The van der Waals surface area contributed by atoms with E-state index >= 15 is 0 Å². The van der Waals surface area contributed by atoms with E-state index in [9.17, 15) is 0 Å². The Morgan fingerprint density at radius 1 is 1.27 bits per heavy atom. The van der Waals surface area contributed by atoms with Crippen LogP contribution in [-0.4, -0.2) is 26.4 Å². The predicted octanol–water partition coefficient (Wildman–Crippen LogP) is 1.20. The largest absolute Gasteiger partial charge is 0.380 e. The van der Waals surface area contributed by atoms with Crippen LogP contribution in [0.4, 0.5) is 0 Å². The Balaban J connectivity index is 3.01. The summed E-state index contributed by atoms with van der Waals surface area (Å²) >= 11 is 0. The Morgan fingerprint density at radius 3 is 2.36 bits per heavy atom. The summed E-state index contributed by atoms with van der Waals surface area (Å²) in [6, 6.07) is 0. The Hall–Kier alpha value is -0.120. The molecule has 0 aliphatic carbocycles. The molecule has 0 radical (unpaired) electrons. The van der Waals surface area contributed by atoms with Crippen molar-refractivity contribution >= 4 is 0 Å². The van der Waals surface area contributed by atoms with Crippen molar-refractivity contribution in [3.05, 3.63) is 0 Å². The fourth-order valence-corrected chi connectivity index (χ4v) is 0.485. The van der Waals surface area contributed by atoms with Crippen molar-refractivity contribution in [1.29, 1.82) is 0 Å². The molecule has 0 aromatic carbocycles. The van der Waals surface area contributed by atoms with Crippen LogP contribution in [0.1, 0.15) is 20.8 Å². The third-order valence-corrected chi connectivity index (χ3v) is 1.29. The molecule has 3 heteroatoms. The lowest BCUT2D eigenvalue weighted by Crippen LogP contribution is -2.27. The van der Waals surface area contributed by atoms with E-state index in [0.717, 1.165) is 13.2 Å². The molecular weight excluding hydrogens is 142 g/mol. The van der Waals surface area contributed by atoms with E-state index in [0.29, 0.717) is 5.92 Å². The van der Waals surface area contributed by atoms with Crippen molar-refractivity contribution in [2.24, 2.45) is 5.92 Å². The molecule has 0 bridgehead atoms. The molecule has 1 N–H and O–H groups in total. The smallest absolute Gasteiger partial charge is 0.0705 e. The number of nitrogens with one attached hydrogen (secondary N) is 1. The van der Waals surface area contributed by atoms with Crippen LogP contribution in [0.5, 0.6) is 0 Å². The molecule has 68 valence electrons. The quantitative estimate of drug-likeness (QED) is 0.469. The molecule has 0 aliphatic heterocycles. The summed E-state index contributed by atoms with van der Waals surface area (Å²) in [5.41, 5.74) is 2.84. The highest BCUT2D eigenvalue weighted by molar-refractivity contribution is 4.47. The summed E-state index contributed by atoms with van der Waals surface area (Å²) in [4.78, 5) is 5.14. The number of rotatable bonds is 6. The van der Waals surface area contributed by atoms with Gasteiger partial charge in [0.1, 0.15) is 0 Å². The van der Waals surface area contributed by atoms with Gasteiger partial charge in [0.15, 0.2) is 0 Å². The fraction of sp³-hybridized carbons (Fsp3) is 1.00. The van der Waals surface area contributed by atoms with Gasteiger partial charge in [-0.3, -0.25) is 0 Å². The van der Waals surface area contributed by atoms with Gasteiger partial charge in [0, 0.05) is 13.7 Å². The van der Waals surface area contributed by atoms with Gasteiger partial charge in [-0.2, -0.15) is 5.48 Å². The van der Waals surface area contributed by atoms with E-state index in [1.807, 2.05) is 6.92 Å². The highest BCUT2D eigenvalue weighted by atomic mass is 16.6. The minimum Gasteiger partial charge on any atom is -0.380 e. The van der Waals surface area contributed by atoms with Crippen LogP contribution >= 0.6 is 0 Å². The summed E-state index contributed by atoms with van der Waals surface area (Å²) in [6.07, 6.45) is 0.210. The van der Waals surface area contributed by atoms with Crippen LogP contribution in [0.2, 0.25) is 0 Å². The van der Waals surface area contributed by atoms with Crippen LogP contribution in [0.15, 0.2) is 0 Å². The second-order valence-electron chi connectivity index (χ2n) is 3.10. The zero-order valence-corrected chi connectivity index (χ0v) is 7.89. The first-order valence-corrected chi connectivity index (χ1v) is 4.04. The minimum absolute atomic E-state index is 0.210. The molecule has 0 aromatic heterocycles. The zero-order valence-electron chi connectivity index (χ0n) is 7.89. The van der Waals surface area contributed by atoms with E-state index in [4.69, 9.17) is 9.57 Å². The normalized spacial score (nSPS) is 13.9. The first kappa shape index (κ1) is 10.9. The first-order chi connectivity index (χ1) is 5.16. The summed E-state index contributed by atoms with van der Waals surface area (Å²) in [5, 5.41) is 0. The summed E-state index contributed by atoms with van der Waals surface area (Å²) < 4.78 is 5.01. The highest BCUT2D eigenvalue weighted by Gasteiger charge is 1.98. The maximum absolute atomic E-state index is 5.14. The SMILES string of the molecule is COC(C)CNOCC(C)C. The molecule has 1 atom stereocenters. The van der Waals surface area contributed by atoms with E-state index in [2.05, 4.69) is 19.3 Å². The molecular formula is C8H19NO2. The number of hydrogen-bond acceptors (Lipinski definition) is 3. The van der Waals surface area contributed by atoms with Gasteiger partial charge in [-0.1, -0.05) is 13.8 Å². The van der Waals surface area contributed by atoms with Gasteiger partial charge in [-0.25, -0.2) is 0 Å². The zero-order chi connectivity index (χ0) is 8.69. The lowest BCUT2D eigenvalue weighted by Gasteiger charge is -2.11. The predicted molar refractivity (Wildman–Crippen MR) is 45.3 cm³/mol. The summed E-state index contributed by atoms with van der Waals surface area (Å²) in [5.74, 6) is 0.570. The molecule has 0 fully saturated rings. The molecule has 11 heavy (non-hydrogen) atoms. The maximum atomic E-state index is 5.14. The van der Waals surface area contributed by atoms with Crippen LogP contribution in [0, 0.1) is 5.92 Å². The number of hydrogen-bond donors (Lipinski definition) is 1. The molecule has 0 heterocycles. The Kier molecular flexibility index (Phi) is 6.51. The summed E-state index contributed by atoms with van der Waals surface area (Å²) in [7, 11) is 1.69. The lowest BCUT2D eigenvalue weighted by atomic mass is 10.2. The highest BCUT2D eigenvalue weighted by Crippen LogP contribution is 1.90. The Morgan fingerprint density at radius 2 is 1.91 bits per heavy atom. The van der Waals surface area contributed by atoms with Gasteiger partial charge in [0.25, 0.3) is 0 Å². The van der Waals surface area contributed by atoms with E-state index < -0.39 is 0 Å². The van der Waals surface area contributed by atoms with Crippen molar-refractivity contribution in [3.8, 4) is 0 Å². The Bertz CT molecular complexity index is 86.2. The van der Waals surface area contributed by atoms with Gasteiger partial charge in [0.05, 0.1) is 12.7 Å². The molecule has 0 spiro atoms. The van der Waals surface area contributed by atoms with Gasteiger partial charge in [-0.15, -0.1) is 0 Å².